The van der Waals surface area contributed by atoms with Crippen LogP contribution < -0.4 is 14.8 Å². The molecule has 0 amide bonds. The number of hydrogen-bond donors (Lipinski definition) is 2. The first-order chi connectivity index (χ1) is 18.6. The topological polar surface area (TPSA) is 107 Å². The molecule has 1 aromatic heterocycles. The molecule has 8 nitrogen and oxygen atoms in total. The molecule has 0 aliphatic heterocycles. The lowest BCUT2D eigenvalue weighted by Crippen LogP contribution is -2.26. The van der Waals surface area contributed by atoms with E-state index in [2.05, 4.69) is 15.0 Å². The number of esters is 1. The summed E-state index contributed by atoms with van der Waals surface area (Å²) in [6, 6.07) is 9.55. The molecule has 0 atom stereocenters. The highest BCUT2D eigenvalue weighted by Crippen LogP contribution is 2.38. The molecule has 3 aromatic rings. The highest BCUT2D eigenvalue weighted by atomic mass is 35.5. The molecule has 1 saturated carbocycles. The SMILES string of the molecule is CCOC(=O)[C@H]1CC[C@H](CNc2nc(C)c(-c3ccc(OC)c(S(=O)(=O)Nc4ccc(Cl)cc4Cl)c3)s2)CC1. The molecule has 1 aliphatic rings. The second-order valence-electron chi connectivity index (χ2n) is 9.38. The van der Waals surface area contributed by atoms with E-state index in [0.717, 1.165) is 47.9 Å². The minimum atomic E-state index is -4.03. The van der Waals surface area contributed by atoms with E-state index >= 15 is 0 Å². The number of anilines is 2. The van der Waals surface area contributed by atoms with Crippen molar-refractivity contribution in [2.45, 2.75) is 44.4 Å². The van der Waals surface area contributed by atoms with Crippen molar-refractivity contribution in [3.8, 4) is 16.2 Å². The molecule has 39 heavy (non-hydrogen) atoms. The molecule has 210 valence electrons. The third-order valence-corrected chi connectivity index (χ3v) is 9.79. The van der Waals surface area contributed by atoms with Crippen molar-refractivity contribution < 1.29 is 22.7 Å². The molecule has 1 fully saturated rings. The summed E-state index contributed by atoms with van der Waals surface area (Å²) >= 11 is 13.6. The quantitative estimate of drug-likeness (QED) is 0.237. The van der Waals surface area contributed by atoms with Crippen molar-refractivity contribution in [3.63, 3.8) is 0 Å². The van der Waals surface area contributed by atoms with Crippen LogP contribution >= 0.6 is 34.5 Å². The van der Waals surface area contributed by atoms with Gasteiger partial charge in [-0.3, -0.25) is 9.52 Å². The van der Waals surface area contributed by atoms with E-state index in [-0.39, 0.29) is 33.2 Å². The van der Waals surface area contributed by atoms with Gasteiger partial charge < -0.3 is 14.8 Å². The van der Waals surface area contributed by atoms with E-state index in [9.17, 15) is 13.2 Å². The first kappa shape index (κ1) is 29.5. The van der Waals surface area contributed by atoms with Gasteiger partial charge in [0.1, 0.15) is 10.6 Å². The van der Waals surface area contributed by atoms with Gasteiger partial charge in [-0.05, 0) is 87.4 Å². The smallest absolute Gasteiger partial charge is 0.308 e. The van der Waals surface area contributed by atoms with Gasteiger partial charge in [0.05, 0.1) is 40.9 Å². The average Bonchev–Trinajstić information content (AvgIpc) is 3.29. The molecular weight excluding hydrogens is 581 g/mol. The van der Waals surface area contributed by atoms with Crippen molar-refractivity contribution in [2.75, 3.05) is 30.3 Å². The van der Waals surface area contributed by atoms with E-state index in [1.54, 1.807) is 18.2 Å². The van der Waals surface area contributed by atoms with E-state index in [4.69, 9.17) is 32.7 Å². The van der Waals surface area contributed by atoms with Crippen LogP contribution in [0.4, 0.5) is 10.8 Å². The number of halogens is 2. The van der Waals surface area contributed by atoms with Crippen molar-refractivity contribution in [1.29, 1.82) is 0 Å². The number of nitrogens with one attached hydrogen (secondary N) is 2. The molecule has 1 aliphatic carbocycles. The van der Waals surface area contributed by atoms with E-state index in [1.807, 2.05) is 19.9 Å². The van der Waals surface area contributed by atoms with Crippen molar-refractivity contribution >= 4 is 61.4 Å². The fourth-order valence-corrected chi connectivity index (χ4v) is 7.39. The lowest BCUT2D eigenvalue weighted by atomic mass is 9.82. The Hall–Kier alpha value is -2.53. The second kappa shape index (κ2) is 12.8. The highest BCUT2D eigenvalue weighted by Gasteiger charge is 2.27. The summed E-state index contributed by atoms with van der Waals surface area (Å²) in [5.41, 5.74) is 1.71. The second-order valence-corrected chi connectivity index (χ2v) is 12.9. The number of aryl methyl sites for hydroxylation is 1. The number of thiazole rings is 1. The molecule has 4 rings (SSSR count). The average molecular weight is 613 g/mol. The largest absolute Gasteiger partial charge is 0.495 e. The fraction of sp³-hybridized carbons (Fsp3) is 0.407. The Labute approximate surface area is 243 Å². The minimum Gasteiger partial charge on any atom is -0.495 e. The maximum atomic E-state index is 13.3. The predicted molar refractivity (Wildman–Crippen MR) is 157 cm³/mol. The molecule has 0 spiro atoms. The zero-order valence-electron chi connectivity index (χ0n) is 21.9. The van der Waals surface area contributed by atoms with Gasteiger partial charge in [0.15, 0.2) is 5.13 Å². The molecule has 0 radical (unpaired) electrons. The molecule has 2 aromatic carbocycles. The van der Waals surface area contributed by atoms with Crippen molar-refractivity contribution in [1.82, 2.24) is 4.98 Å². The van der Waals surface area contributed by atoms with Crippen LogP contribution in [0.5, 0.6) is 5.75 Å². The lowest BCUT2D eigenvalue weighted by Gasteiger charge is -2.27. The third-order valence-electron chi connectivity index (χ3n) is 6.70. The summed E-state index contributed by atoms with van der Waals surface area (Å²) < 4.78 is 39.7. The molecule has 1 heterocycles. The van der Waals surface area contributed by atoms with Crippen LogP contribution in [-0.4, -0.2) is 39.6 Å². The van der Waals surface area contributed by atoms with Gasteiger partial charge in [0, 0.05) is 11.6 Å². The summed E-state index contributed by atoms with van der Waals surface area (Å²) in [4.78, 5) is 17.5. The Bertz CT molecular complexity index is 1440. The molecular formula is C27H31Cl2N3O5S2. The Morgan fingerprint density at radius 3 is 2.54 bits per heavy atom. The molecule has 0 bridgehead atoms. The zero-order valence-corrected chi connectivity index (χ0v) is 25.1. The maximum Gasteiger partial charge on any atom is 0.308 e. The number of benzene rings is 2. The number of carbonyl (C=O) groups excluding carboxylic acids is 1. The van der Waals surface area contributed by atoms with Crippen LogP contribution in [0.25, 0.3) is 10.4 Å². The number of nitrogens with zero attached hydrogens (tertiary/aromatic N) is 1. The van der Waals surface area contributed by atoms with Gasteiger partial charge in [0.25, 0.3) is 10.0 Å². The fourth-order valence-electron chi connectivity index (χ4n) is 4.63. The van der Waals surface area contributed by atoms with E-state index < -0.39 is 10.0 Å². The number of methoxy groups -OCH3 is 1. The number of rotatable bonds is 10. The number of hydrogen-bond acceptors (Lipinski definition) is 8. The Morgan fingerprint density at radius 2 is 1.87 bits per heavy atom. The highest BCUT2D eigenvalue weighted by molar-refractivity contribution is 7.92. The van der Waals surface area contributed by atoms with E-state index in [1.165, 1.54) is 30.6 Å². The monoisotopic (exact) mass is 611 g/mol. The summed E-state index contributed by atoms with van der Waals surface area (Å²) in [6.45, 7) is 4.90. The Balaban J connectivity index is 1.48. The first-order valence-electron chi connectivity index (χ1n) is 12.7. The summed E-state index contributed by atoms with van der Waals surface area (Å²) in [5.74, 6) is 0.569. The number of sulfonamides is 1. The van der Waals surface area contributed by atoms with Crippen LogP contribution in [0.15, 0.2) is 41.3 Å². The summed E-state index contributed by atoms with van der Waals surface area (Å²) in [6.07, 6.45) is 3.59. The van der Waals surface area contributed by atoms with Crippen LogP contribution in [0.1, 0.15) is 38.3 Å². The molecule has 0 unspecified atom stereocenters. The Kier molecular flexibility index (Phi) is 9.64. The van der Waals surface area contributed by atoms with Crippen molar-refractivity contribution in [2.24, 2.45) is 11.8 Å². The van der Waals surface area contributed by atoms with Gasteiger partial charge in [-0.2, -0.15) is 0 Å². The molecule has 12 heteroatoms. The number of aromatic nitrogens is 1. The number of ether oxygens (including phenoxy) is 2. The minimum absolute atomic E-state index is 0.000614. The third kappa shape index (κ3) is 7.16. The summed E-state index contributed by atoms with van der Waals surface area (Å²) in [7, 11) is -2.61. The van der Waals surface area contributed by atoms with Gasteiger partial charge in [-0.25, -0.2) is 13.4 Å². The predicted octanol–water partition coefficient (Wildman–Crippen LogP) is 7.02. The normalized spacial score (nSPS) is 17.5. The van der Waals surface area contributed by atoms with Crippen LogP contribution in [0.2, 0.25) is 10.0 Å². The van der Waals surface area contributed by atoms with Gasteiger partial charge in [0.2, 0.25) is 0 Å². The molecule has 0 saturated heterocycles. The maximum absolute atomic E-state index is 13.3. The van der Waals surface area contributed by atoms with Crippen LogP contribution in [0.3, 0.4) is 0 Å². The lowest BCUT2D eigenvalue weighted by molar-refractivity contribution is -0.149. The standard InChI is InChI=1S/C27H31Cl2N3O5S2/c1-4-37-26(33)18-7-5-17(6-8-18)15-30-27-31-16(2)25(38-27)19-9-12-23(36-3)24(13-19)39(34,35)32-22-11-10-20(28)14-21(22)29/h9-14,17-18,32H,4-8,15H2,1-3H3,(H,30,31)/t17-,18-. The van der Waals surface area contributed by atoms with Crippen LogP contribution in [0, 0.1) is 18.8 Å². The Morgan fingerprint density at radius 1 is 1.13 bits per heavy atom. The van der Waals surface area contributed by atoms with E-state index in [0.29, 0.717) is 23.1 Å². The number of carbonyl (C=O) groups is 1. The summed E-state index contributed by atoms with van der Waals surface area (Å²) in [5, 5.41) is 4.79. The van der Waals surface area contributed by atoms with Crippen LogP contribution in [-0.2, 0) is 19.6 Å². The first-order valence-corrected chi connectivity index (χ1v) is 15.7. The zero-order chi connectivity index (χ0) is 28.2. The van der Waals surface area contributed by atoms with Crippen molar-refractivity contribution in [3.05, 3.63) is 52.1 Å². The van der Waals surface area contributed by atoms with Gasteiger partial charge >= 0.3 is 5.97 Å². The molecule has 2 N–H and O–H groups in total. The van der Waals surface area contributed by atoms with Gasteiger partial charge in [-0.1, -0.05) is 34.5 Å². The van der Waals surface area contributed by atoms with Gasteiger partial charge in [-0.15, -0.1) is 0 Å².